The van der Waals surface area contributed by atoms with E-state index in [4.69, 9.17) is 4.74 Å². The highest BCUT2D eigenvalue weighted by molar-refractivity contribution is 7.99. The van der Waals surface area contributed by atoms with Gasteiger partial charge in [-0.2, -0.15) is 0 Å². The van der Waals surface area contributed by atoms with Crippen LogP contribution in [-0.2, 0) is 0 Å². The van der Waals surface area contributed by atoms with Gasteiger partial charge in [-0.05, 0) is 42.0 Å². The van der Waals surface area contributed by atoms with Gasteiger partial charge in [-0.25, -0.2) is 0 Å². The van der Waals surface area contributed by atoms with Crippen LogP contribution in [-0.4, -0.2) is 28.0 Å². The molecule has 29 heavy (non-hydrogen) atoms. The molecule has 0 N–H and O–H groups in total. The van der Waals surface area contributed by atoms with Gasteiger partial charge in [-0.1, -0.05) is 30.3 Å². The third-order valence-corrected chi connectivity index (χ3v) is 5.86. The van der Waals surface area contributed by atoms with Crippen molar-refractivity contribution in [2.45, 2.75) is 5.37 Å². The van der Waals surface area contributed by atoms with Gasteiger partial charge in [0.15, 0.2) is 0 Å². The normalized spacial score (nSPS) is 15.9. The lowest BCUT2D eigenvalue weighted by Crippen LogP contribution is -2.30. The number of carbonyl (C=O) groups excluding carboxylic acids is 1. The zero-order chi connectivity index (χ0) is 20.2. The average molecular weight is 406 g/mol. The summed E-state index contributed by atoms with van der Waals surface area (Å²) >= 11 is 1.69. The Hall–Kier alpha value is -3.32. The van der Waals surface area contributed by atoms with Gasteiger partial charge in [0.05, 0.1) is 4.92 Å². The van der Waals surface area contributed by atoms with Crippen LogP contribution in [0.1, 0.15) is 21.3 Å². The summed E-state index contributed by atoms with van der Waals surface area (Å²) in [5.41, 5.74) is 1.40. The Morgan fingerprint density at radius 2 is 1.72 bits per heavy atom. The first-order valence-corrected chi connectivity index (χ1v) is 10.2. The van der Waals surface area contributed by atoms with Crippen LogP contribution in [0.15, 0.2) is 78.9 Å². The molecule has 3 aromatic carbocycles. The fourth-order valence-corrected chi connectivity index (χ4v) is 4.45. The van der Waals surface area contributed by atoms with Gasteiger partial charge in [0.2, 0.25) is 0 Å². The van der Waals surface area contributed by atoms with Gasteiger partial charge >= 0.3 is 0 Å². The largest absolute Gasteiger partial charge is 0.457 e. The number of hydrogen-bond donors (Lipinski definition) is 0. The molecule has 1 atom stereocenters. The first-order valence-electron chi connectivity index (χ1n) is 9.12. The Kier molecular flexibility index (Phi) is 5.48. The van der Waals surface area contributed by atoms with E-state index in [-0.39, 0.29) is 17.0 Å². The highest BCUT2D eigenvalue weighted by Crippen LogP contribution is 2.40. The molecule has 0 saturated carbocycles. The molecular weight excluding hydrogens is 388 g/mol. The summed E-state index contributed by atoms with van der Waals surface area (Å²) in [7, 11) is 0. The van der Waals surface area contributed by atoms with Crippen molar-refractivity contribution < 1.29 is 14.5 Å². The van der Waals surface area contributed by atoms with E-state index in [0.29, 0.717) is 17.9 Å². The number of thioether (sulfide) groups is 1. The predicted molar refractivity (Wildman–Crippen MR) is 112 cm³/mol. The van der Waals surface area contributed by atoms with Gasteiger partial charge in [0.25, 0.3) is 11.6 Å². The number of nitro benzene ring substituents is 1. The Balaban J connectivity index is 1.54. The fraction of sp³-hybridized carbons (Fsp3) is 0.136. The van der Waals surface area contributed by atoms with E-state index < -0.39 is 4.92 Å². The zero-order valence-corrected chi connectivity index (χ0v) is 16.2. The molecule has 0 radical (unpaired) electrons. The van der Waals surface area contributed by atoms with Crippen LogP contribution in [0.25, 0.3) is 0 Å². The maximum absolute atomic E-state index is 13.0. The molecule has 0 aliphatic carbocycles. The number of rotatable bonds is 5. The molecule has 0 bridgehead atoms. The minimum Gasteiger partial charge on any atom is -0.457 e. The molecule has 1 aliphatic heterocycles. The Labute approximate surface area is 172 Å². The molecule has 146 valence electrons. The molecule has 1 fully saturated rings. The second-order valence-corrected chi connectivity index (χ2v) is 7.70. The number of non-ortho nitro benzene ring substituents is 1. The monoisotopic (exact) mass is 406 g/mol. The van der Waals surface area contributed by atoms with Crippen molar-refractivity contribution in [1.82, 2.24) is 4.90 Å². The Bertz CT molecular complexity index is 1020. The van der Waals surface area contributed by atoms with Crippen LogP contribution < -0.4 is 4.74 Å². The number of nitrogens with zero attached hydrogens (tertiary/aromatic N) is 2. The standard InChI is InChI=1S/C22H18N2O4S/c25-21(16-9-11-18(12-10-16)24(26)27)23-13-14-29-22(23)17-5-4-8-20(15-17)28-19-6-2-1-3-7-19/h1-12,15,22H,13-14H2/t22-/m0/s1. The molecule has 0 unspecified atom stereocenters. The average Bonchev–Trinajstić information content (AvgIpc) is 3.24. The number of ether oxygens (including phenoxy) is 1. The van der Waals surface area contributed by atoms with Crippen molar-refractivity contribution >= 4 is 23.4 Å². The zero-order valence-electron chi connectivity index (χ0n) is 15.4. The summed E-state index contributed by atoms with van der Waals surface area (Å²) in [6.45, 7) is 0.620. The maximum Gasteiger partial charge on any atom is 0.269 e. The van der Waals surface area contributed by atoms with Crippen molar-refractivity contribution in [1.29, 1.82) is 0 Å². The minimum atomic E-state index is -0.471. The second-order valence-electron chi connectivity index (χ2n) is 6.51. The topological polar surface area (TPSA) is 72.7 Å². The summed E-state index contributed by atoms with van der Waals surface area (Å²) < 4.78 is 5.92. The highest BCUT2D eigenvalue weighted by Gasteiger charge is 2.31. The van der Waals surface area contributed by atoms with Gasteiger partial charge in [-0.3, -0.25) is 14.9 Å². The molecular formula is C22H18N2O4S. The van der Waals surface area contributed by atoms with E-state index >= 15 is 0 Å². The lowest BCUT2D eigenvalue weighted by atomic mass is 10.1. The van der Waals surface area contributed by atoms with Crippen molar-refractivity contribution in [2.24, 2.45) is 0 Å². The molecule has 0 spiro atoms. The molecule has 3 aromatic rings. The first kappa shape index (κ1) is 19.0. The van der Waals surface area contributed by atoms with E-state index in [0.717, 1.165) is 17.1 Å². The molecule has 0 aromatic heterocycles. The summed E-state index contributed by atoms with van der Waals surface area (Å²) in [6, 6.07) is 23.0. The fourth-order valence-electron chi connectivity index (χ4n) is 3.20. The molecule has 1 saturated heterocycles. The summed E-state index contributed by atoms with van der Waals surface area (Å²) in [5.74, 6) is 2.16. The van der Waals surface area contributed by atoms with Crippen molar-refractivity contribution in [2.75, 3.05) is 12.3 Å². The third kappa shape index (κ3) is 4.25. The number of benzene rings is 3. The molecule has 4 rings (SSSR count). The molecule has 1 aliphatic rings. The maximum atomic E-state index is 13.0. The number of amides is 1. The summed E-state index contributed by atoms with van der Waals surface area (Å²) in [4.78, 5) is 25.2. The van der Waals surface area contributed by atoms with Crippen molar-refractivity contribution in [3.8, 4) is 11.5 Å². The van der Waals surface area contributed by atoms with E-state index in [9.17, 15) is 14.9 Å². The number of hydrogen-bond acceptors (Lipinski definition) is 5. The van der Waals surface area contributed by atoms with Gasteiger partial charge in [0.1, 0.15) is 16.9 Å². The van der Waals surface area contributed by atoms with Gasteiger partial charge in [0, 0.05) is 30.0 Å². The lowest BCUT2D eigenvalue weighted by molar-refractivity contribution is -0.384. The van der Waals surface area contributed by atoms with E-state index in [2.05, 4.69) is 0 Å². The van der Waals surface area contributed by atoms with Crippen LogP contribution in [0.5, 0.6) is 11.5 Å². The quantitative estimate of drug-likeness (QED) is 0.426. The molecule has 7 heteroatoms. The SMILES string of the molecule is O=C(c1ccc([N+](=O)[O-])cc1)N1CCS[C@H]1c1cccc(Oc2ccccc2)c1. The Morgan fingerprint density at radius 3 is 2.45 bits per heavy atom. The van der Waals surface area contributed by atoms with E-state index in [1.165, 1.54) is 24.3 Å². The first-order chi connectivity index (χ1) is 14.1. The minimum absolute atomic E-state index is 0.0281. The molecule has 1 amide bonds. The number of nitro groups is 1. The third-order valence-electron chi connectivity index (χ3n) is 4.60. The van der Waals surface area contributed by atoms with Crippen LogP contribution in [0.2, 0.25) is 0 Å². The number of para-hydroxylation sites is 1. The van der Waals surface area contributed by atoms with E-state index in [1.54, 1.807) is 16.7 Å². The summed E-state index contributed by atoms with van der Waals surface area (Å²) in [6.07, 6.45) is 0. The van der Waals surface area contributed by atoms with Gasteiger partial charge < -0.3 is 9.64 Å². The Morgan fingerprint density at radius 1 is 1.00 bits per heavy atom. The predicted octanol–water partition coefficient (Wildman–Crippen LogP) is 5.27. The molecule has 1 heterocycles. The number of carbonyl (C=O) groups is 1. The van der Waals surface area contributed by atoms with Crippen LogP contribution in [0.4, 0.5) is 5.69 Å². The van der Waals surface area contributed by atoms with Gasteiger partial charge in [-0.15, -0.1) is 11.8 Å². The lowest BCUT2D eigenvalue weighted by Gasteiger charge is -2.24. The van der Waals surface area contributed by atoms with Crippen LogP contribution >= 0.6 is 11.8 Å². The molecule has 6 nitrogen and oxygen atoms in total. The van der Waals surface area contributed by atoms with Crippen LogP contribution in [0, 0.1) is 10.1 Å². The highest BCUT2D eigenvalue weighted by atomic mass is 32.2. The smallest absolute Gasteiger partial charge is 0.269 e. The van der Waals surface area contributed by atoms with Crippen molar-refractivity contribution in [3.63, 3.8) is 0 Å². The van der Waals surface area contributed by atoms with Crippen molar-refractivity contribution in [3.05, 3.63) is 100 Å². The second kappa shape index (κ2) is 8.36. The van der Waals surface area contributed by atoms with E-state index in [1.807, 2.05) is 54.6 Å². The van der Waals surface area contributed by atoms with Crippen LogP contribution in [0.3, 0.4) is 0 Å². The summed E-state index contributed by atoms with van der Waals surface area (Å²) in [5, 5.41) is 10.7.